The minimum absolute atomic E-state index is 0.237. The predicted octanol–water partition coefficient (Wildman–Crippen LogP) is 4.63. The van der Waals surface area contributed by atoms with Crippen molar-refractivity contribution in [2.45, 2.75) is 37.5 Å². The molecule has 0 saturated carbocycles. The summed E-state index contributed by atoms with van der Waals surface area (Å²) in [5, 5.41) is 19.0. The molecule has 7 heteroatoms. The monoisotopic (exact) mass is 482 g/mol. The molecule has 0 aromatic heterocycles. The average Bonchev–Trinajstić information content (AvgIpc) is 2.94. The summed E-state index contributed by atoms with van der Waals surface area (Å²) < 4.78 is 11.6. The minimum atomic E-state index is -0.783. The number of nitrogens with zero attached hydrogens (tertiary/aromatic N) is 4. The molecule has 4 bridgehead atoms. The van der Waals surface area contributed by atoms with Crippen LogP contribution in [0.25, 0.3) is 0 Å². The number of rotatable bonds is 4. The maximum absolute atomic E-state index is 13.1. The number of hydrogen-bond donors (Lipinski definition) is 0. The zero-order valence-corrected chi connectivity index (χ0v) is 20.4. The third-order valence-corrected chi connectivity index (χ3v) is 8.78. The van der Waals surface area contributed by atoms with E-state index >= 15 is 0 Å². The van der Waals surface area contributed by atoms with Crippen LogP contribution in [-0.4, -0.2) is 55.2 Å². The molecule has 2 aromatic rings. The molecule has 6 fully saturated rings. The van der Waals surface area contributed by atoms with Gasteiger partial charge in [0.2, 0.25) is 0 Å². The van der Waals surface area contributed by atoms with Crippen LogP contribution in [0.3, 0.4) is 0 Å². The van der Waals surface area contributed by atoms with Gasteiger partial charge in [-0.3, -0.25) is 0 Å². The first-order chi connectivity index (χ1) is 17.6. The smallest absolute Gasteiger partial charge is 0.394 e. The zero-order valence-electron chi connectivity index (χ0n) is 20.4. The Balaban J connectivity index is 1.25. The Bertz CT molecular complexity index is 1150. The third-order valence-electron chi connectivity index (χ3n) is 8.78. The molecule has 2 atom stereocenters. The molecule has 0 spiro atoms. The van der Waals surface area contributed by atoms with Gasteiger partial charge in [-0.15, -0.1) is 0 Å². The van der Waals surface area contributed by atoms with Crippen molar-refractivity contribution in [1.29, 1.82) is 10.5 Å². The Morgan fingerprint density at radius 2 is 1.14 bits per heavy atom. The van der Waals surface area contributed by atoms with E-state index < -0.39 is 6.16 Å². The number of carbonyl (C=O) groups is 1. The minimum Gasteiger partial charge on any atom is -0.394 e. The van der Waals surface area contributed by atoms with E-state index in [0.717, 1.165) is 76.1 Å². The number of nitriles is 2. The Labute approximate surface area is 211 Å². The van der Waals surface area contributed by atoms with Crippen LogP contribution < -0.4 is 9.47 Å². The molecule has 7 nitrogen and oxygen atoms in total. The van der Waals surface area contributed by atoms with E-state index in [1.165, 1.54) is 0 Å². The van der Waals surface area contributed by atoms with E-state index in [2.05, 4.69) is 21.9 Å². The number of hydrogen-bond acceptors (Lipinski definition) is 7. The fourth-order valence-corrected chi connectivity index (χ4v) is 6.84. The molecule has 0 unspecified atom stereocenters. The highest BCUT2D eigenvalue weighted by Gasteiger charge is 2.38. The van der Waals surface area contributed by atoms with Crippen molar-refractivity contribution in [3.8, 4) is 23.6 Å². The molecule has 6 aliphatic heterocycles. The van der Waals surface area contributed by atoms with E-state index in [1.807, 2.05) is 12.1 Å². The van der Waals surface area contributed by atoms with Gasteiger partial charge in [0.25, 0.3) is 0 Å². The molecule has 0 amide bonds. The number of benzene rings is 2. The molecule has 36 heavy (non-hydrogen) atoms. The zero-order chi connectivity index (χ0) is 24.6. The van der Waals surface area contributed by atoms with Gasteiger partial charge in [0, 0.05) is 36.1 Å². The maximum atomic E-state index is 13.1. The van der Waals surface area contributed by atoms with Crippen LogP contribution in [-0.2, 0) is 0 Å². The molecule has 2 aromatic carbocycles. The van der Waals surface area contributed by atoms with Crippen LogP contribution in [0.4, 0.5) is 4.79 Å². The molecule has 8 rings (SSSR count). The highest BCUT2D eigenvalue weighted by molar-refractivity contribution is 5.69. The van der Waals surface area contributed by atoms with Crippen LogP contribution in [0, 0.1) is 34.5 Å². The van der Waals surface area contributed by atoms with Gasteiger partial charge in [0.05, 0.1) is 23.3 Å². The SMILES string of the molecule is N#Cc1ccc(OC(=O)Oc2ccc(C#N)cc2[C@@H]2CN3CCC2CC3)c([C@@H]2CN3CCC2CC3)c1. The predicted molar refractivity (Wildman–Crippen MR) is 133 cm³/mol. The van der Waals surface area contributed by atoms with Crippen LogP contribution in [0.2, 0.25) is 0 Å². The van der Waals surface area contributed by atoms with Gasteiger partial charge in [-0.1, -0.05) is 0 Å². The standard InChI is InChI=1S/C29H30N4O3/c30-15-19-1-3-27(23(13-19)25-17-32-9-5-21(25)6-10-32)35-29(34)36-28-4-2-20(16-31)14-24(28)26-18-33-11-7-22(26)8-12-33/h1-4,13-14,21-22,25-26H,5-12,17-18H2/t25-,26-/m1/s1. The second-order valence-corrected chi connectivity index (χ2v) is 10.7. The lowest BCUT2D eigenvalue weighted by molar-refractivity contribution is 0.0842. The fraction of sp³-hybridized carbons (Fsp3) is 0.483. The van der Waals surface area contributed by atoms with Gasteiger partial charge in [0.15, 0.2) is 0 Å². The molecular formula is C29H30N4O3. The molecule has 0 N–H and O–H groups in total. The number of carbonyl (C=O) groups excluding carboxylic acids is 1. The van der Waals surface area contributed by atoms with Gasteiger partial charge in [-0.2, -0.15) is 10.5 Å². The Kier molecular flexibility index (Phi) is 6.13. The lowest BCUT2D eigenvalue weighted by Crippen LogP contribution is -2.46. The topological polar surface area (TPSA) is 89.6 Å². The quantitative estimate of drug-likeness (QED) is 0.464. The van der Waals surface area contributed by atoms with Gasteiger partial charge in [-0.05, 0) is 100 Å². The summed E-state index contributed by atoms with van der Waals surface area (Å²) in [7, 11) is 0. The first-order valence-electron chi connectivity index (χ1n) is 13.0. The average molecular weight is 483 g/mol. The van der Waals surface area contributed by atoms with Crippen molar-refractivity contribution >= 4 is 6.16 Å². The van der Waals surface area contributed by atoms with Gasteiger partial charge >= 0.3 is 6.16 Å². The molecule has 0 radical (unpaired) electrons. The Morgan fingerprint density at radius 3 is 1.47 bits per heavy atom. The summed E-state index contributed by atoms with van der Waals surface area (Å²) in [6.45, 7) is 6.28. The summed E-state index contributed by atoms with van der Waals surface area (Å²) in [6.07, 6.45) is 3.72. The van der Waals surface area contributed by atoms with Crippen molar-refractivity contribution in [3.05, 3.63) is 58.7 Å². The molecule has 6 saturated heterocycles. The number of ether oxygens (including phenoxy) is 2. The summed E-state index contributed by atoms with van der Waals surface area (Å²) in [4.78, 5) is 18.0. The third kappa shape index (κ3) is 4.34. The first-order valence-corrected chi connectivity index (χ1v) is 13.0. The van der Waals surface area contributed by atoms with Crippen LogP contribution in [0.15, 0.2) is 36.4 Å². The van der Waals surface area contributed by atoms with E-state index in [0.29, 0.717) is 34.5 Å². The van der Waals surface area contributed by atoms with Crippen molar-refractivity contribution in [2.75, 3.05) is 39.3 Å². The van der Waals surface area contributed by atoms with E-state index in [1.54, 1.807) is 24.3 Å². The fourth-order valence-electron chi connectivity index (χ4n) is 6.84. The van der Waals surface area contributed by atoms with Crippen molar-refractivity contribution < 1.29 is 14.3 Å². The van der Waals surface area contributed by atoms with E-state index in [-0.39, 0.29) is 11.8 Å². The molecule has 6 aliphatic rings. The van der Waals surface area contributed by atoms with Gasteiger partial charge in [-0.25, -0.2) is 4.79 Å². The number of piperidine rings is 6. The lowest BCUT2D eigenvalue weighted by atomic mass is 9.75. The van der Waals surface area contributed by atoms with Crippen LogP contribution >= 0.6 is 0 Å². The molecular weight excluding hydrogens is 452 g/mol. The van der Waals surface area contributed by atoms with E-state index in [9.17, 15) is 15.3 Å². The van der Waals surface area contributed by atoms with Crippen molar-refractivity contribution in [3.63, 3.8) is 0 Å². The maximum Gasteiger partial charge on any atom is 0.519 e. The number of fused-ring (bicyclic) bond motifs is 6. The van der Waals surface area contributed by atoms with Crippen LogP contribution in [0.5, 0.6) is 11.5 Å². The molecule has 184 valence electrons. The summed E-state index contributed by atoms with van der Waals surface area (Å²) >= 11 is 0. The Morgan fingerprint density at radius 1 is 0.722 bits per heavy atom. The highest BCUT2D eigenvalue weighted by Crippen LogP contribution is 2.44. The van der Waals surface area contributed by atoms with E-state index in [4.69, 9.17) is 9.47 Å². The second-order valence-electron chi connectivity index (χ2n) is 10.7. The van der Waals surface area contributed by atoms with Crippen molar-refractivity contribution in [2.24, 2.45) is 11.8 Å². The summed E-state index contributed by atoms with van der Waals surface area (Å²) in [5.41, 5.74) is 2.97. The Hall–Kier alpha value is -3.39. The second kappa shape index (κ2) is 9.58. The lowest BCUT2D eigenvalue weighted by Gasteiger charge is -2.45. The normalized spacial score (nSPS) is 30.3. The van der Waals surface area contributed by atoms with Gasteiger partial charge < -0.3 is 19.3 Å². The van der Waals surface area contributed by atoms with Gasteiger partial charge in [0.1, 0.15) is 11.5 Å². The largest absolute Gasteiger partial charge is 0.519 e. The molecule has 6 heterocycles. The molecule has 0 aliphatic carbocycles. The van der Waals surface area contributed by atoms with Crippen LogP contribution in [0.1, 0.15) is 59.8 Å². The summed E-state index contributed by atoms with van der Waals surface area (Å²) in [6, 6.07) is 15.0. The summed E-state index contributed by atoms with van der Waals surface area (Å²) in [5.74, 6) is 2.47. The van der Waals surface area contributed by atoms with Crippen molar-refractivity contribution in [1.82, 2.24) is 9.80 Å². The highest BCUT2D eigenvalue weighted by atomic mass is 16.7. The first kappa shape index (κ1) is 23.0.